The molecule has 0 amide bonds. The molecule has 0 fully saturated rings. The monoisotopic (exact) mass is 911 g/mol. The average molecular weight is 912 g/mol. The third-order valence-electron chi connectivity index (χ3n) is 15.8. The van der Waals surface area contributed by atoms with Crippen molar-refractivity contribution < 1.29 is 0 Å². The van der Waals surface area contributed by atoms with E-state index in [1.807, 2.05) is 0 Å². The number of hydrogen-bond acceptors (Lipinski definition) is 0. The Bertz CT molecular complexity index is 4310. The van der Waals surface area contributed by atoms with Crippen molar-refractivity contribution in [1.82, 2.24) is 4.57 Å². The van der Waals surface area contributed by atoms with Crippen LogP contribution in [0.5, 0.6) is 0 Å². The fourth-order valence-electron chi connectivity index (χ4n) is 12.7. The SMILES string of the molecule is c1ccc(C2(c3ccccc3)c3cc(-c4cc5ccccc5c5ccccc45)ccc3-c3ccc(-n4c5ccc(-c6cccc7ccccc67)cc5c5cc(-c6cccc7ccccc67)ccc54)cc32)cc1. The van der Waals surface area contributed by atoms with Crippen molar-refractivity contribution >= 4 is 64.9 Å². The lowest BCUT2D eigenvalue weighted by Gasteiger charge is -2.34. The van der Waals surface area contributed by atoms with E-state index in [0.29, 0.717) is 0 Å². The summed E-state index contributed by atoms with van der Waals surface area (Å²) < 4.78 is 2.51. The molecule has 0 unspecified atom stereocenters. The molecule has 0 saturated carbocycles. The van der Waals surface area contributed by atoms with Crippen molar-refractivity contribution in [2.45, 2.75) is 5.41 Å². The Morgan fingerprint density at radius 1 is 0.236 bits per heavy atom. The maximum Gasteiger partial charge on any atom is 0.0714 e. The van der Waals surface area contributed by atoms with Crippen LogP contribution >= 0.6 is 0 Å². The summed E-state index contributed by atoms with van der Waals surface area (Å²) in [7, 11) is 0. The van der Waals surface area contributed by atoms with Crippen LogP contribution in [0.3, 0.4) is 0 Å². The molecule has 0 aliphatic heterocycles. The molecule has 14 aromatic rings. The first-order valence-electron chi connectivity index (χ1n) is 25.1. The van der Waals surface area contributed by atoms with Gasteiger partial charge in [-0.3, -0.25) is 0 Å². The van der Waals surface area contributed by atoms with Gasteiger partial charge in [-0.25, -0.2) is 0 Å². The van der Waals surface area contributed by atoms with Crippen LogP contribution in [-0.4, -0.2) is 4.57 Å². The molecule has 1 nitrogen and oxygen atoms in total. The van der Waals surface area contributed by atoms with Gasteiger partial charge < -0.3 is 4.57 Å². The first kappa shape index (κ1) is 40.6. The van der Waals surface area contributed by atoms with Crippen molar-refractivity contribution in [2.24, 2.45) is 0 Å². The Kier molecular flexibility index (Phi) is 8.94. The maximum absolute atomic E-state index is 2.51. The lowest BCUT2D eigenvalue weighted by Crippen LogP contribution is -2.28. The molecule has 1 heterocycles. The second kappa shape index (κ2) is 15.9. The Hall–Kier alpha value is -9.30. The Labute approximate surface area is 418 Å². The molecule has 0 radical (unpaired) electrons. The molecule has 334 valence electrons. The van der Waals surface area contributed by atoms with Gasteiger partial charge in [-0.15, -0.1) is 0 Å². The molecule has 1 aromatic heterocycles. The molecule has 1 heteroatoms. The minimum atomic E-state index is -0.617. The summed E-state index contributed by atoms with van der Waals surface area (Å²) in [4.78, 5) is 0. The quantitative estimate of drug-likeness (QED) is 0.147. The summed E-state index contributed by atoms with van der Waals surface area (Å²) in [5, 5.41) is 12.5. The molecule has 0 saturated heterocycles. The molecular weight excluding hydrogens is 867 g/mol. The van der Waals surface area contributed by atoms with Crippen LogP contribution < -0.4 is 0 Å². The van der Waals surface area contributed by atoms with Crippen molar-refractivity contribution in [3.63, 3.8) is 0 Å². The van der Waals surface area contributed by atoms with E-state index in [0.717, 1.165) is 5.69 Å². The van der Waals surface area contributed by atoms with Crippen molar-refractivity contribution in [1.29, 1.82) is 0 Å². The van der Waals surface area contributed by atoms with Crippen molar-refractivity contribution in [2.75, 3.05) is 0 Å². The second-order valence-corrected chi connectivity index (χ2v) is 19.5. The number of fused-ring (bicyclic) bond motifs is 11. The predicted octanol–water partition coefficient (Wildman–Crippen LogP) is 18.8. The van der Waals surface area contributed by atoms with Crippen LogP contribution in [-0.2, 0) is 5.41 Å². The van der Waals surface area contributed by atoms with E-state index < -0.39 is 5.41 Å². The highest BCUT2D eigenvalue weighted by Gasteiger charge is 2.46. The largest absolute Gasteiger partial charge is 0.309 e. The highest BCUT2D eigenvalue weighted by atomic mass is 15.0. The zero-order valence-electron chi connectivity index (χ0n) is 39.4. The van der Waals surface area contributed by atoms with E-state index in [9.17, 15) is 0 Å². The maximum atomic E-state index is 2.51. The summed E-state index contributed by atoms with van der Waals surface area (Å²) >= 11 is 0. The minimum Gasteiger partial charge on any atom is -0.309 e. The summed E-state index contributed by atoms with van der Waals surface area (Å²) in [6.07, 6.45) is 0. The molecule has 0 atom stereocenters. The van der Waals surface area contributed by atoms with Gasteiger partial charge in [0.1, 0.15) is 0 Å². The van der Waals surface area contributed by atoms with Gasteiger partial charge in [0.15, 0.2) is 0 Å². The number of aromatic nitrogens is 1. The van der Waals surface area contributed by atoms with Crippen LogP contribution in [0, 0.1) is 0 Å². The normalized spacial score (nSPS) is 12.8. The van der Waals surface area contributed by atoms with Gasteiger partial charge in [-0.05, 0) is 158 Å². The Morgan fingerprint density at radius 2 is 0.681 bits per heavy atom. The molecule has 0 spiro atoms. The van der Waals surface area contributed by atoms with Gasteiger partial charge in [0.25, 0.3) is 0 Å². The molecule has 15 rings (SSSR count). The Balaban J connectivity index is 0.994. The third kappa shape index (κ3) is 5.95. The molecular formula is C71H45N. The topological polar surface area (TPSA) is 4.93 Å². The van der Waals surface area contributed by atoms with Crippen LogP contribution in [0.4, 0.5) is 0 Å². The number of hydrogen-bond donors (Lipinski definition) is 0. The summed E-state index contributed by atoms with van der Waals surface area (Å²) in [5.41, 5.74) is 17.8. The first-order chi connectivity index (χ1) is 35.7. The van der Waals surface area contributed by atoms with Gasteiger partial charge in [-0.2, -0.15) is 0 Å². The van der Waals surface area contributed by atoms with Gasteiger partial charge in [0.2, 0.25) is 0 Å². The second-order valence-electron chi connectivity index (χ2n) is 19.5. The van der Waals surface area contributed by atoms with Gasteiger partial charge >= 0.3 is 0 Å². The van der Waals surface area contributed by atoms with Gasteiger partial charge in [0.05, 0.1) is 16.4 Å². The van der Waals surface area contributed by atoms with E-state index in [1.165, 1.54) is 132 Å². The third-order valence-corrected chi connectivity index (χ3v) is 15.8. The fourth-order valence-corrected chi connectivity index (χ4v) is 12.7. The lowest BCUT2D eigenvalue weighted by atomic mass is 9.67. The predicted molar refractivity (Wildman–Crippen MR) is 304 cm³/mol. The molecule has 72 heavy (non-hydrogen) atoms. The number of nitrogens with zero attached hydrogens (tertiary/aromatic N) is 1. The van der Waals surface area contributed by atoms with Gasteiger partial charge in [-0.1, -0.05) is 224 Å². The van der Waals surface area contributed by atoms with E-state index in [-0.39, 0.29) is 0 Å². The zero-order chi connectivity index (χ0) is 47.3. The standard InChI is InChI=1S/C71H45N/c1-3-22-52(23-4-1)71(53-24-5-2-6-25-53)67-44-51(64-41-48-19-9-12-28-59(48)60-29-13-14-30-61(60)64)33-37-62(67)63-38-36-54(45-68(63)71)72-69-39-34-49(57-31-15-20-46-17-7-10-26-55(46)57)42-65(69)66-43-50(35-40-70(66)72)58-32-16-21-47-18-8-11-27-56(47)58/h1-45H. The van der Waals surface area contributed by atoms with E-state index in [4.69, 9.17) is 0 Å². The van der Waals surface area contributed by atoms with Gasteiger partial charge in [0, 0.05) is 16.5 Å². The molecule has 1 aliphatic rings. The summed E-state index contributed by atoms with van der Waals surface area (Å²) in [6.45, 7) is 0. The molecule has 0 N–H and O–H groups in total. The molecule has 1 aliphatic carbocycles. The fraction of sp³-hybridized carbons (Fsp3) is 0.0141. The summed E-state index contributed by atoms with van der Waals surface area (Å²) in [5.74, 6) is 0. The smallest absolute Gasteiger partial charge is 0.0714 e. The van der Waals surface area contributed by atoms with Crippen LogP contribution in [0.25, 0.3) is 115 Å². The molecule has 13 aromatic carbocycles. The Morgan fingerprint density at radius 3 is 1.28 bits per heavy atom. The minimum absolute atomic E-state index is 0.617. The highest BCUT2D eigenvalue weighted by Crippen LogP contribution is 2.58. The lowest BCUT2D eigenvalue weighted by molar-refractivity contribution is 0.768. The van der Waals surface area contributed by atoms with E-state index in [2.05, 4.69) is 278 Å². The zero-order valence-corrected chi connectivity index (χ0v) is 39.4. The average Bonchev–Trinajstić information content (AvgIpc) is 3.94. The molecule has 0 bridgehead atoms. The van der Waals surface area contributed by atoms with Crippen LogP contribution in [0.2, 0.25) is 0 Å². The van der Waals surface area contributed by atoms with Crippen molar-refractivity contribution in [3.05, 3.63) is 295 Å². The summed E-state index contributed by atoms with van der Waals surface area (Å²) in [6, 6.07) is 102. The number of benzene rings is 13. The van der Waals surface area contributed by atoms with Crippen LogP contribution in [0.1, 0.15) is 22.3 Å². The van der Waals surface area contributed by atoms with E-state index in [1.54, 1.807) is 0 Å². The number of rotatable bonds is 6. The highest BCUT2D eigenvalue weighted by molar-refractivity contribution is 6.15. The van der Waals surface area contributed by atoms with E-state index >= 15 is 0 Å². The first-order valence-corrected chi connectivity index (χ1v) is 25.1. The van der Waals surface area contributed by atoms with Crippen LogP contribution in [0.15, 0.2) is 273 Å². The van der Waals surface area contributed by atoms with Crippen molar-refractivity contribution in [3.8, 4) is 50.2 Å².